The lowest BCUT2D eigenvalue weighted by molar-refractivity contribution is -0.111. The molecule has 0 aliphatic carbocycles. The topological polar surface area (TPSA) is 29.1 Å². The molecule has 0 saturated heterocycles. The molecule has 0 aliphatic heterocycles. The minimum absolute atomic E-state index is 0.120. The molecule has 0 fully saturated rings. The van der Waals surface area contributed by atoms with Gasteiger partial charge >= 0.3 is 0 Å². The van der Waals surface area contributed by atoms with Crippen LogP contribution in [0.1, 0.15) is 16.7 Å². The average Bonchev–Trinajstić information content (AvgIpc) is 2.39. The third kappa shape index (κ3) is 4.11. The summed E-state index contributed by atoms with van der Waals surface area (Å²) in [5.41, 5.74) is 4.19. The van der Waals surface area contributed by atoms with Crippen molar-refractivity contribution in [2.75, 3.05) is 5.32 Å². The van der Waals surface area contributed by atoms with Gasteiger partial charge in [0.1, 0.15) is 0 Å². The quantitative estimate of drug-likeness (QED) is 0.822. The summed E-state index contributed by atoms with van der Waals surface area (Å²) in [6.07, 6.45) is 3.37. The van der Waals surface area contributed by atoms with Gasteiger partial charge in [0, 0.05) is 11.8 Å². The van der Waals surface area contributed by atoms with Crippen molar-refractivity contribution < 1.29 is 4.79 Å². The predicted octanol–water partition coefficient (Wildman–Crippen LogP) is 3.96. The number of aryl methyl sites for hydroxylation is 2. The van der Waals surface area contributed by atoms with Crippen LogP contribution in [0.3, 0.4) is 0 Å². The molecule has 0 heterocycles. The molecule has 0 aromatic heterocycles. The molecule has 2 heteroatoms. The first-order valence-electron chi connectivity index (χ1n) is 6.26. The van der Waals surface area contributed by atoms with Gasteiger partial charge in [-0.2, -0.15) is 0 Å². The molecule has 0 radical (unpaired) electrons. The van der Waals surface area contributed by atoms with Crippen LogP contribution in [0, 0.1) is 13.8 Å². The smallest absolute Gasteiger partial charge is 0.248 e. The van der Waals surface area contributed by atoms with Gasteiger partial charge in [-0.3, -0.25) is 4.79 Å². The largest absolute Gasteiger partial charge is 0.323 e. The second-order valence-electron chi connectivity index (χ2n) is 4.60. The van der Waals surface area contributed by atoms with Crippen molar-refractivity contribution in [3.05, 3.63) is 71.3 Å². The SMILES string of the molecule is Cc1ccc(NC(=O)/C=C/c2cccc(C)c2)cc1. The molecule has 1 N–H and O–H groups in total. The van der Waals surface area contributed by atoms with E-state index in [4.69, 9.17) is 0 Å². The zero-order valence-corrected chi connectivity index (χ0v) is 11.2. The molecule has 2 nitrogen and oxygen atoms in total. The van der Waals surface area contributed by atoms with Crippen molar-refractivity contribution in [3.63, 3.8) is 0 Å². The Morgan fingerprint density at radius 2 is 1.74 bits per heavy atom. The van der Waals surface area contributed by atoms with Gasteiger partial charge in [-0.15, -0.1) is 0 Å². The van der Waals surface area contributed by atoms with E-state index in [0.29, 0.717) is 0 Å². The fourth-order valence-electron chi connectivity index (χ4n) is 1.77. The molecule has 1 amide bonds. The Balaban J connectivity index is 1.99. The highest BCUT2D eigenvalue weighted by molar-refractivity contribution is 6.01. The van der Waals surface area contributed by atoms with Crippen molar-refractivity contribution in [2.45, 2.75) is 13.8 Å². The summed E-state index contributed by atoms with van der Waals surface area (Å²) in [5, 5.41) is 2.83. The van der Waals surface area contributed by atoms with Crippen molar-refractivity contribution in [3.8, 4) is 0 Å². The van der Waals surface area contributed by atoms with E-state index in [0.717, 1.165) is 11.3 Å². The van der Waals surface area contributed by atoms with Crippen LogP contribution in [0.5, 0.6) is 0 Å². The summed E-state index contributed by atoms with van der Waals surface area (Å²) in [7, 11) is 0. The van der Waals surface area contributed by atoms with Gasteiger partial charge in [0.2, 0.25) is 5.91 Å². The molecular formula is C17H17NO. The van der Waals surface area contributed by atoms with Crippen molar-refractivity contribution >= 4 is 17.7 Å². The van der Waals surface area contributed by atoms with Gasteiger partial charge in [-0.05, 0) is 37.6 Å². The van der Waals surface area contributed by atoms with Crippen LogP contribution in [0.15, 0.2) is 54.6 Å². The highest BCUT2D eigenvalue weighted by atomic mass is 16.1. The maximum Gasteiger partial charge on any atom is 0.248 e. The zero-order valence-electron chi connectivity index (χ0n) is 11.2. The van der Waals surface area contributed by atoms with E-state index in [1.54, 1.807) is 6.08 Å². The highest BCUT2D eigenvalue weighted by Gasteiger charge is 1.97. The molecular weight excluding hydrogens is 234 g/mol. The Bertz CT molecular complexity index is 597. The lowest BCUT2D eigenvalue weighted by atomic mass is 10.1. The molecule has 0 bridgehead atoms. The van der Waals surface area contributed by atoms with Crippen molar-refractivity contribution in [2.24, 2.45) is 0 Å². The summed E-state index contributed by atoms with van der Waals surface area (Å²) in [6.45, 7) is 4.05. The number of rotatable bonds is 3. The minimum Gasteiger partial charge on any atom is -0.323 e. The second-order valence-corrected chi connectivity index (χ2v) is 4.60. The number of benzene rings is 2. The minimum atomic E-state index is -0.120. The second kappa shape index (κ2) is 6.01. The van der Waals surface area contributed by atoms with Crippen LogP contribution < -0.4 is 5.32 Å². The third-order valence-corrected chi connectivity index (χ3v) is 2.79. The zero-order chi connectivity index (χ0) is 13.7. The molecule has 2 rings (SSSR count). The van der Waals surface area contributed by atoms with Crippen LogP contribution in [0.2, 0.25) is 0 Å². The number of hydrogen-bond acceptors (Lipinski definition) is 1. The Morgan fingerprint density at radius 3 is 2.42 bits per heavy atom. The molecule has 2 aromatic carbocycles. The van der Waals surface area contributed by atoms with E-state index in [1.165, 1.54) is 11.1 Å². The van der Waals surface area contributed by atoms with Gasteiger partial charge in [0.15, 0.2) is 0 Å². The van der Waals surface area contributed by atoms with E-state index >= 15 is 0 Å². The number of carbonyl (C=O) groups excluding carboxylic acids is 1. The monoisotopic (exact) mass is 251 g/mol. The van der Waals surface area contributed by atoms with Crippen LogP contribution in [0.4, 0.5) is 5.69 Å². The summed E-state index contributed by atoms with van der Waals surface area (Å²) in [6, 6.07) is 15.8. The fraction of sp³-hybridized carbons (Fsp3) is 0.118. The first-order chi connectivity index (χ1) is 9.13. The summed E-state index contributed by atoms with van der Waals surface area (Å²) < 4.78 is 0. The number of carbonyl (C=O) groups is 1. The maximum absolute atomic E-state index is 11.8. The van der Waals surface area contributed by atoms with E-state index in [9.17, 15) is 4.79 Å². The standard InChI is InChI=1S/C17H17NO/c1-13-6-9-16(10-7-13)18-17(19)11-8-15-5-3-4-14(2)12-15/h3-12H,1-2H3,(H,18,19)/b11-8+. The van der Waals surface area contributed by atoms with E-state index < -0.39 is 0 Å². The first kappa shape index (κ1) is 13.1. The van der Waals surface area contributed by atoms with E-state index in [1.807, 2.05) is 68.5 Å². The maximum atomic E-state index is 11.8. The summed E-state index contributed by atoms with van der Waals surface area (Å²) in [4.78, 5) is 11.8. The number of amides is 1. The molecule has 0 atom stereocenters. The first-order valence-corrected chi connectivity index (χ1v) is 6.26. The summed E-state index contributed by atoms with van der Waals surface area (Å²) in [5.74, 6) is -0.120. The van der Waals surface area contributed by atoms with Crippen LogP contribution >= 0.6 is 0 Å². The fourth-order valence-corrected chi connectivity index (χ4v) is 1.77. The van der Waals surface area contributed by atoms with E-state index in [2.05, 4.69) is 5.32 Å². The van der Waals surface area contributed by atoms with Crippen molar-refractivity contribution in [1.82, 2.24) is 0 Å². The molecule has 19 heavy (non-hydrogen) atoms. The van der Waals surface area contributed by atoms with Crippen LogP contribution in [0.25, 0.3) is 6.08 Å². The normalized spacial score (nSPS) is 10.6. The molecule has 0 spiro atoms. The molecule has 0 aliphatic rings. The van der Waals surface area contributed by atoms with Gasteiger partial charge in [-0.25, -0.2) is 0 Å². The summed E-state index contributed by atoms with van der Waals surface area (Å²) >= 11 is 0. The van der Waals surface area contributed by atoms with Gasteiger partial charge in [-0.1, -0.05) is 47.5 Å². The average molecular weight is 251 g/mol. The van der Waals surface area contributed by atoms with Gasteiger partial charge in [0.25, 0.3) is 0 Å². The van der Waals surface area contributed by atoms with Crippen LogP contribution in [-0.4, -0.2) is 5.91 Å². The Hall–Kier alpha value is -2.35. The molecule has 0 saturated carbocycles. The molecule has 96 valence electrons. The van der Waals surface area contributed by atoms with E-state index in [-0.39, 0.29) is 5.91 Å². The highest BCUT2D eigenvalue weighted by Crippen LogP contribution is 2.09. The Morgan fingerprint density at radius 1 is 1.00 bits per heavy atom. The lowest BCUT2D eigenvalue weighted by Crippen LogP contribution is -2.07. The third-order valence-electron chi connectivity index (χ3n) is 2.79. The van der Waals surface area contributed by atoms with Gasteiger partial charge < -0.3 is 5.32 Å². The Labute approximate surface area is 113 Å². The van der Waals surface area contributed by atoms with Crippen LogP contribution in [-0.2, 0) is 4.79 Å². The number of hydrogen-bond donors (Lipinski definition) is 1. The molecule has 0 unspecified atom stereocenters. The lowest BCUT2D eigenvalue weighted by Gasteiger charge is -2.02. The molecule has 2 aromatic rings. The number of nitrogens with one attached hydrogen (secondary N) is 1. The Kier molecular flexibility index (Phi) is 4.14. The predicted molar refractivity (Wildman–Crippen MR) is 80.0 cm³/mol. The number of anilines is 1. The van der Waals surface area contributed by atoms with Gasteiger partial charge in [0.05, 0.1) is 0 Å². The van der Waals surface area contributed by atoms with Crippen molar-refractivity contribution in [1.29, 1.82) is 0 Å².